The molecule has 0 aliphatic carbocycles. The Hall–Kier alpha value is -0.205. The summed E-state index contributed by atoms with van der Waals surface area (Å²) in [5.74, 6) is 0.424. The molecule has 90 valence electrons. The minimum atomic E-state index is -0.125. The molecule has 17 heavy (non-hydrogen) atoms. The first kappa shape index (κ1) is 11.9. The average molecular weight is 315 g/mol. The van der Waals surface area contributed by atoms with E-state index in [9.17, 15) is 4.79 Å². The van der Waals surface area contributed by atoms with E-state index in [4.69, 9.17) is 4.84 Å². The molecule has 2 unspecified atom stereocenters. The van der Waals surface area contributed by atoms with Gasteiger partial charge in [-0.3, -0.25) is 0 Å². The van der Waals surface area contributed by atoms with Crippen LogP contribution in [0.2, 0.25) is 0 Å². The molecule has 4 nitrogen and oxygen atoms in total. The minimum absolute atomic E-state index is 0.125. The first-order valence-corrected chi connectivity index (χ1v) is 7.21. The number of hydrogen-bond donors (Lipinski definition) is 1. The fourth-order valence-corrected chi connectivity index (χ4v) is 4.36. The van der Waals surface area contributed by atoms with Crippen LogP contribution in [0.3, 0.4) is 0 Å². The van der Waals surface area contributed by atoms with E-state index >= 15 is 0 Å². The van der Waals surface area contributed by atoms with Crippen molar-refractivity contribution >= 4 is 40.9 Å². The summed E-state index contributed by atoms with van der Waals surface area (Å²) in [7, 11) is 0.506. The molecule has 3 rings (SSSR count). The molecule has 1 aromatic heterocycles. The van der Waals surface area contributed by atoms with Gasteiger partial charge < -0.3 is 14.4 Å². The highest BCUT2D eigenvalue weighted by molar-refractivity contribution is 9.10. The van der Waals surface area contributed by atoms with E-state index in [1.807, 2.05) is 0 Å². The Morgan fingerprint density at radius 3 is 3.35 bits per heavy atom. The molecule has 0 aromatic carbocycles. The smallest absolute Gasteiger partial charge is 0.281 e. The van der Waals surface area contributed by atoms with E-state index in [1.54, 1.807) is 11.3 Å². The largest absolute Gasteiger partial charge is 0.336 e. The maximum atomic E-state index is 10.6. The summed E-state index contributed by atoms with van der Waals surface area (Å²) in [6.07, 6.45) is 0.972. The number of carbonyl (C=O) groups excluding carboxylic acids is 1. The molecule has 2 aliphatic heterocycles. The molecule has 3 heterocycles. The highest BCUT2D eigenvalue weighted by Crippen LogP contribution is 2.43. The van der Waals surface area contributed by atoms with Crippen LogP contribution in [0.5, 0.6) is 0 Å². The molecule has 1 N–H and O–H groups in total. The molecule has 0 radical (unpaired) electrons. The van der Waals surface area contributed by atoms with Crippen molar-refractivity contribution in [2.75, 3.05) is 19.7 Å². The summed E-state index contributed by atoms with van der Waals surface area (Å²) in [6.45, 7) is 2.47. The normalized spacial score (nSPS) is 32.6. The second-order valence-electron chi connectivity index (χ2n) is 4.57. The number of nitrogens with zero attached hydrogens (tertiary/aromatic N) is 1. The second kappa shape index (κ2) is 4.48. The van der Waals surface area contributed by atoms with Gasteiger partial charge in [-0.15, -0.1) is 11.3 Å². The van der Waals surface area contributed by atoms with Crippen LogP contribution in [0, 0.1) is 5.92 Å². The van der Waals surface area contributed by atoms with E-state index in [2.05, 4.69) is 37.7 Å². The van der Waals surface area contributed by atoms with Crippen molar-refractivity contribution in [1.82, 2.24) is 10.3 Å². The van der Waals surface area contributed by atoms with Crippen molar-refractivity contribution in [3.63, 3.8) is 0 Å². The Morgan fingerprint density at radius 1 is 1.76 bits per heavy atom. The zero-order chi connectivity index (χ0) is 11.9. The van der Waals surface area contributed by atoms with Crippen molar-refractivity contribution in [3.8, 4) is 0 Å². The predicted molar refractivity (Wildman–Crippen MR) is 71.7 cm³/mol. The Labute approximate surface area is 113 Å². The maximum Gasteiger partial charge on any atom is 0.281 e. The van der Waals surface area contributed by atoms with Gasteiger partial charge in [0.15, 0.2) is 0 Å². The highest BCUT2D eigenvalue weighted by atomic mass is 79.9. The monoisotopic (exact) mass is 314 g/mol. The van der Waals surface area contributed by atoms with Crippen LogP contribution >= 0.6 is 27.3 Å². The molecule has 2 aliphatic rings. The first-order chi connectivity index (χ1) is 8.24. The summed E-state index contributed by atoms with van der Waals surface area (Å²) >= 11 is 5.22. The third kappa shape index (κ3) is 1.90. The van der Waals surface area contributed by atoms with E-state index in [1.165, 1.54) is 4.88 Å². The zero-order valence-electron chi connectivity index (χ0n) is 9.19. The molecule has 0 bridgehead atoms. The number of fused-ring (bicyclic) bond motifs is 1. The lowest BCUT2D eigenvalue weighted by molar-refractivity contribution is 0.0554. The topological polar surface area (TPSA) is 41.6 Å². The number of halogens is 1. The van der Waals surface area contributed by atoms with Crippen LogP contribution in [0.25, 0.3) is 0 Å². The van der Waals surface area contributed by atoms with E-state index in [0.29, 0.717) is 19.9 Å². The van der Waals surface area contributed by atoms with Gasteiger partial charge in [0.1, 0.15) is 0 Å². The number of hydroxylamine groups is 1. The van der Waals surface area contributed by atoms with Gasteiger partial charge in [-0.25, -0.2) is 0 Å². The van der Waals surface area contributed by atoms with Crippen molar-refractivity contribution in [3.05, 3.63) is 20.8 Å². The summed E-state index contributed by atoms with van der Waals surface area (Å²) in [4.78, 5) is 19.5. The number of rotatable bonds is 3. The van der Waals surface area contributed by atoms with Gasteiger partial charge in [-0.2, -0.15) is 5.48 Å². The first-order valence-electron chi connectivity index (χ1n) is 5.54. The average Bonchev–Trinajstić information content (AvgIpc) is 2.91. The van der Waals surface area contributed by atoms with Crippen molar-refractivity contribution in [1.29, 1.82) is 0 Å². The summed E-state index contributed by atoms with van der Waals surface area (Å²) in [6, 6.07) is 2.14. The number of carbonyl (C=O) groups is 1. The van der Waals surface area contributed by atoms with Crippen LogP contribution in [0.1, 0.15) is 4.88 Å². The lowest BCUT2D eigenvalue weighted by Gasteiger charge is -2.26. The van der Waals surface area contributed by atoms with Crippen molar-refractivity contribution in [2.45, 2.75) is 5.54 Å². The Kier molecular flexibility index (Phi) is 3.12. The highest BCUT2D eigenvalue weighted by Gasteiger charge is 2.52. The van der Waals surface area contributed by atoms with Gasteiger partial charge in [0.05, 0.1) is 18.3 Å². The molecular formula is C10H12BBrN2O2S. The number of nitrogens with one attached hydrogen (secondary N) is 1. The van der Waals surface area contributed by atoms with Gasteiger partial charge in [-0.05, 0) is 28.5 Å². The van der Waals surface area contributed by atoms with Crippen molar-refractivity contribution < 1.29 is 9.63 Å². The van der Waals surface area contributed by atoms with Crippen LogP contribution in [0.15, 0.2) is 15.9 Å². The third-order valence-electron chi connectivity index (χ3n) is 3.53. The Balaban J connectivity index is 1.91. The summed E-state index contributed by atoms with van der Waals surface area (Å²) in [5, 5.41) is 2.09. The minimum Gasteiger partial charge on any atom is -0.336 e. The Morgan fingerprint density at radius 2 is 2.65 bits per heavy atom. The quantitative estimate of drug-likeness (QED) is 0.659. The van der Waals surface area contributed by atoms with E-state index in [-0.39, 0.29) is 5.54 Å². The van der Waals surface area contributed by atoms with Gasteiger partial charge in [-0.1, -0.05) is 0 Å². The maximum absolute atomic E-state index is 10.6. The van der Waals surface area contributed by atoms with Gasteiger partial charge >= 0.3 is 0 Å². The van der Waals surface area contributed by atoms with Crippen molar-refractivity contribution in [2.24, 2.45) is 5.92 Å². The van der Waals surface area contributed by atoms with Gasteiger partial charge in [0.25, 0.3) is 7.41 Å². The van der Waals surface area contributed by atoms with Crippen LogP contribution in [-0.2, 0) is 15.2 Å². The zero-order valence-corrected chi connectivity index (χ0v) is 11.6. The molecule has 0 amide bonds. The molecular weight excluding hydrogens is 303 g/mol. The third-order valence-corrected chi connectivity index (χ3v) is 5.40. The Bertz CT molecular complexity index is 444. The molecule has 2 saturated heterocycles. The SMILES string of the molecule is O=CBN1CC2CONC2(c2cc(Br)cs2)C1. The number of hydrogen-bond acceptors (Lipinski definition) is 5. The summed E-state index contributed by atoms with van der Waals surface area (Å²) in [5.41, 5.74) is 3.06. The van der Waals surface area contributed by atoms with Crippen LogP contribution in [-0.4, -0.2) is 38.1 Å². The van der Waals surface area contributed by atoms with E-state index < -0.39 is 0 Å². The fraction of sp³-hybridized carbons (Fsp3) is 0.500. The fourth-order valence-electron chi connectivity index (χ4n) is 2.72. The van der Waals surface area contributed by atoms with Crippen LogP contribution < -0.4 is 5.48 Å². The molecule has 7 heteroatoms. The lowest BCUT2D eigenvalue weighted by Crippen LogP contribution is -2.43. The molecule has 0 spiro atoms. The summed E-state index contributed by atoms with van der Waals surface area (Å²) < 4.78 is 1.10. The lowest BCUT2D eigenvalue weighted by atomic mass is 9.88. The molecule has 2 atom stereocenters. The number of thiophene rings is 1. The van der Waals surface area contributed by atoms with E-state index in [0.717, 1.165) is 23.7 Å². The standard InChI is InChI=1S/C10H12BBrN2O2S/c12-8-1-9(17-4-8)10-5-14(11-6-15)2-7(10)3-16-13-10/h1,4,6-7,11,13H,2-3,5H2. The predicted octanol–water partition coefficient (Wildman–Crippen LogP) is 0.714. The molecule has 2 fully saturated rings. The van der Waals surface area contributed by atoms with Crippen LogP contribution in [0.4, 0.5) is 0 Å². The molecule has 0 saturated carbocycles. The molecule has 1 aromatic rings. The second-order valence-corrected chi connectivity index (χ2v) is 6.40. The van der Waals surface area contributed by atoms with Gasteiger partial charge in [0.2, 0.25) is 0 Å². The van der Waals surface area contributed by atoms with Gasteiger partial charge in [0, 0.05) is 27.2 Å².